The van der Waals surface area contributed by atoms with Gasteiger partial charge in [-0.3, -0.25) is 20.4 Å². The average molecular weight is 532 g/mol. The number of carbonyl (C=O) groups is 2. The van der Waals surface area contributed by atoms with E-state index in [1.54, 1.807) is 6.07 Å². The van der Waals surface area contributed by atoms with Crippen molar-refractivity contribution in [2.24, 2.45) is 0 Å². The fraction of sp³-hybridized carbons (Fsp3) is 0.286. The first-order valence-corrected chi connectivity index (χ1v) is 10.2. The quantitative estimate of drug-likeness (QED) is 0.369. The number of nitrogens with zero attached hydrogens (tertiary/aromatic N) is 4. The first-order chi connectivity index (χ1) is 17.2. The Labute approximate surface area is 204 Å². The lowest BCUT2D eigenvalue weighted by molar-refractivity contribution is -0.143. The number of ether oxygens (including phenoxy) is 2. The van der Waals surface area contributed by atoms with Gasteiger partial charge in [0.2, 0.25) is 5.82 Å². The van der Waals surface area contributed by atoms with E-state index in [1.165, 1.54) is 33.3 Å². The number of hydrogen-bond acceptors (Lipinski definition) is 7. The van der Waals surface area contributed by atoms with Crippen LogP contribution < -0.4 is 20.3 Å². The predicted molar refractivity (Wildman–Crippen MR) is 113 cm³/mol. The Hall–Kier alpha value is -4.37. The summed E-state index contributed by atoms with van der Waals surface area (Å²) < 4.78 is 88.9. The Morgan fingerprint density at radius 2 is 1.54 bits per heavy atom. The summed E-state index contributed by atoms with van der Waals surface area (Å²) in [6.45, 7) is 1.26. The van der Waals surface area contributed by atoms with E-state index in [2.05, 4.69) is 26.3 Å². The number of amides is 2. The van der Waals surface area contributed by atoms with Crippen LogP contribution in [0.15, 0.2) is 36.4 Å². The van der Waals surface area contributed by atoms with Gasteiger partial charge in [0.05, 0.1) is 30.9 Å². The second kappa shape index (κ2) is 10.3. The maximum atomic E-state index is 13.1. The molecule has 0 aliphatic heterocycles. The van der Waals surface area contributed by atoms with E-state index in [9.17, 15) is 35.9 Å². The number of tetrazole rings is 1. The summed E-state index contributed by atoms with van der Waals surface area (Å²) in [5, 5.41) is 10.7. The molecule has 0 radical (unpaired) electrons. The number of aromatic nitrogens is 4. The largest absolute Gasteiger partial charge is 0.497 e. The van der Waals surface area contributed by atoms with E-state index < -0.39 is 52.7 Å². The van der Waals surface area contributed by atoms with Crippen LogP contribution in [0.1, 0.15) is 34.5 Å². The summed E-state index contributed by atoms with van der Waals surface area (Å²) in [5.74, 6) is -1.71. The Bertz CT molecular complexity index is 1280. The normalized spacial score (nSPS) is 12.6. The minimum atomic E-state index is -5.07. The molecule has 0 saturated carbocycles. The maximum absolute atomic E-state index is 13.1. The SMILES string of the molecule is COc1ccc(OC)c(C(=O)NNC(=O)[C@H](C)n2nnc(-c3cc(C(F)(F)F)cc(C(F)(F)F)c3)n2)c1. The summed E-state index contributed by atoms with van der Waals surface area (Å²) in [5.41, 5.74) is 0.560. The minimum Gasteiger partial charge on any atom is -0.497 e. The van der Waals surface area contributed by atoms with Crippen molar-refractivity contribution in [3.8, 4) is 22.9 Å². The summed E-state index contributed by atoms with van der Waals surface area (Å²) in [6, 6.07) is 3.93. The van der Waals surface area contributed by atoms with Gasteiger partial charge in [-0.05, 0) is 48.5 Å². The van der Waals surface area contributed by atoms with Gasteiger partial charge < -0.3 is 9.47 Å². The monoisotopic (exact) mass is 532 g/mol. The van der Waals surface area contributed by atoms with Crippen LogP contribution in [0.3, 0.4) is 0 Å². The zero-order valence-electron chi connectivity index (χ0n) is 19.2. The van der Waals surface area contributed by atoms with Gasteiger partial charge in [0.25, 0.3) is 11.8 Å². The maximum Gasteiger partial charge on any atom is 0.416 e. The third-order valence-corrected chi connectivity index (χ3v) is 4.95. The molecule has 0 bridgehead atoms. The van der Waals surface area contributed by atoms with E-state index in [-0.39, 0.29) is 17.4 Å². The molecule has 2 N–H and O–H groups in total. The van der Waals surface area contributed by atoms with Gasteiger partial charge in [-0.25, -0.2) is 0 Å². The molecule has 0 unspecified atom stereocenters. The summed E-state index contributed by atoms with van der Waals surface area (Å²) >= 11 is 0. The molecule has 0 spiro atoms. The molecule has 37 heavy (non-hydrogen) atoms. The van der Waals surface area contributed by atoms with Gasteiger partial charge in [-0.15, -0.1) is 10.2 Å². The topological polar surface area (TPSA) is 120 Å². The van der Waals surface area contributed by atoms with E-state index >= 15 is 0 Å². The lowest BCUT2D eigenvalue weighted by atomic mass is 10.0. The smallest absolute Gasteiger partial charge is 0.416 e. The van der Waals surface area contributed by atoms with Crippen molar-refractivity contribution in [2.45, 2.75) is 25.3 Å². The van der Waals surface area contributed by atoms with Crippen molar-refractivity contribution in [1.82, 2.24) is 31.1 Å². The summed E-state index contributed by atoms with van der Waals surface area (Å²) in [4.78, 5) is 25.6. The number of halogens is 6. The molecular formula is C21H18F6N6O4. The fourth-order valence-corrected chi connectivity index (χ4v) is 2.98. The molecule has 1 aromatic heterocycles. The molecule has 2 amide bonds. The van der Waals surface area contributed by atoms with Crippen LogP contribution in [0.5, 0.6) is 11.5 Å². The third-order valence-electron chi connectivity index (χ3n) is 4.95. The van der Waals surface area contributed by atoms with Crippen molar-refractivity contribution in [3.05, 3.63) is 53.1 Å². The zero-order valence-corrected chi connectivity index (χ0v) is 19.2. The van der Waals surface area contributed by atoms with Crippen molar-refractivity contribution in [3.63, 3.8) is 0 Å². The summed E-state index contributed by atoms with van der Waals surface area (Å²) in [6.07, 6.45) is -10.1. The van der Waals surface area contributed by atoms with Crippen LogP contribution in [-0.4, -0.2) is 46.2 Å². The highest BCUT2D eigenvalue weighted by Crippen LogP contribution is 2.38. The van der Waals surface area contributed by atoms with Crippen LogP contribution in [-0.2, 0) is 17.1 Å². The first-order valence-electron chi connectivity index (χ1n) is 10.2. The van der Waals surface area contributed by atoms with E-state index in [0.717, 1.165) is 0 Å². The highest BCUT2D eigenvalue weighted by atomic mass is 19.4. The van der Waals surface area contributed by atoms with Crippen LogP contribution in [0.2, 0.25) is 0 Å². The number of hydrogen-bond donors (Lipinski definition) is 2. The molecule has 0 aliphatic carbocycles. The molecule has 198 valence electrons. The van der Waals surface area contributed by atoms with Gasteiger partial charge in [0.15, 0.2) is 6.04 Å². The average Bonchev–Trinajstić information content (AvgIpc) is 3.35. The first kappa shape index (κ1) is 27.2. The Kier molecular flexibility index (Phi) is 7.59. The standard InChI is InChI=1S/C21H18F6N6O4/c1-10(18(34)29-30-19(35)15-9-14(36-2)4-5-16(15)37-3)33-31-17(28-32-33)11-6-12(20(22,23)24)8-13(7-11)21(25,26)27/h4-10H,1-3H3,(H,29,34)(H,30,35)/t10-/m0/s1. The van der Waals surface area contributed by atoms with E-state index in [0.29, 0.717) is 22.7 Å². The number of benzene rings is 2. The van der Waals surface area contributed by atoms with Crippen LogP contribution in [0.25, 0.3) is 11.4 Å². The van der Waals surface area contributed by atoms with Crippen molar-refractivity contribution in [1.29, 1.82) is 0 Å². The van der Waals surface area contributed by atoms with Gasteiger partial charge in [-0.2, -0.15) is 31.1 Å². The molecule has 16 heteroatoms. The molecule has 1 atom stereocenters. The van der Waals surface area contributed by atoms with Crippen LogP contribution in [0, 0.1) is 0 Å². The van der Waals surface area contributed by atoms with E-state index in [4.69, 9.17) is 9.47 Å². The summed E-state index contributed by atoms with van der Waals surface area (Å²) in [7, 11) is 2.71. The van der Waals surface area contributed by atoms with Crippen molar-refractivity contribution < 1.29 is 45.4 Å². The molecule has 10 nitrogen and oxygen atoms in total. The number of carbonyl (C=O) groups excluding carboxylic acids is 2. The second-order valence-electron chi connectivity index (χ2n) is 7.41. The van der Waals surface area contributed by atoms with Crippen molar-refractivity contribution in [2.75, 3.05) is 14.2 Å². The Morgan fingerprint density at radius 1 is 0.919 bits per heavy atom. The van der Waals surface area contributed by atoms with Gasteiger partial charge in [0, 0.05) is 5.56 Å². The lowest BCUT2D eigenvalue weighted by Gasteiger charge is -2.14. The highest BCUT2D eigenvalue weighted by Gasteiger charge is 2.37. The van der Waals surface area contributed by atoms with Crippen LogP contribution >= 0.6 is 0 Å². The Morgan fingerprint density at radius 3 is 2.08 bits per heavy atom. The van der Waals surface area contributed by atoms with Gasteiger partial charge in [0.1, 0.15) is 11.5 Å². The molecular weight excluding hydrogens is 514 g/mol. The molecule has 3 aromatic rings. The zero-order chi connectivity index (χ0) is 27.5. The highest BCUT2D eigenvalue weighted by molar-refractivity contribution is 5.98. The number of hydrazine groups is 1. The number of methoxy groups -OCH3 is 2. The van der Waals surface area contributed by atoms with Crippen molar-refractivity contribution >= 4 is 11.8 Å². The molecule has 3 rings (SSSR count). The number of rotatable bonds is 6. The predicted octanol–water partition coefficient (Wildman–Crippen LogP) is 3.42. The number of alkyl halides is 6. The molecule has 0 saturated heterocycles. The Balaban J connectivity index is 1.78. The molecule has 2 aromatic carbocycles. The minimum absolute atomic E-state index is 0.0287. The fourth-order valence-electron chi connectivity index (χ4n) is 2.98. The second-order valence-corrected chi connectivity index (χ2v) is 7.41. The molecule has 1 heterocycles. The van der Waals surface area contributed by atoms with Gasteiger partial charge >= 0.3 is 12.4 Å². The molecule has 0 fully saturated rings. The van der Waals surface area contributed by atoms with E-state index in [1.807, 2.05) is 0 Å². The third kappa shape index (κ3) is 6.25. The lowest BCUT2D eigenvalue weighted by Crippen LogP contribution is -2.45. The van der Waals surface area contributed by atoms with Gasteiger partial charge in [-0.1, -0.05) is 0 Å². The number of nitrogens with one attached hydrogen (secondary N) is 2. The van der Waals surface area contributed by atoms with Crippen LogP contribution in [0.4, 0.5) is 26.3 Å². The molecule has 0 aliphatic rings.